The summed E-state index contributed by atoms with van der Waals surface area (Å²) in [6.45, 7) is 2.91. The average Bonchev–Trinajstić information content (AvgIpc) is 3.35. The largest absolute Gasteiger partial charge is 0.493 e. The van der Waals surface area contributed by atoms with E-state index in [0.29, 0.717) is 36.0 Å². The smallest absolute Gasteiger partial charge is 0.252 e. The van der Waals surface area contributed by atoms with Crippen LogP contribution in [0.25, 0.3) is 21.8 Å². The lowest BCUT2D eigenvalue weighted by Crippen LogP contribution is -2.29. The van der Waals surface area contributed by atoms with Gasteiger partial charge in [0, 0.05) is 10.9 Å². The SMILES string of the molecule is COc1cc(C(=O)NC(C)c2nc3ccccc3n2CCOc2cccc3ccccc23)cc(OC)c1OC. The topological polar surface area (TPSA) is 83.8 Å². The minimum absolute atomic E-state index is 0.285. The molecule has 1 unspecified atom stereocenters. The van der Waals surface area contributed by atoms with Crippen LogP contribution in [0, 0.1) is 0 Å². The van der Waals surface area contributed by atoms with E-state index in [1.54, 1.807) is 12.1 Å². The molecule has 5 aromatic rings. The summed E-state index contributed by atoms with van der Waals surface area (Å²) < 4.78 is 24.5. The molecular formula is C31H31N3O5. The van der Waals surface area contributed by atoms with Gasteiger partial charge in [-0.2, -0.15) is 0 Å². The molecule has 0 aliphatic carbocycles. The molecular weight excluding hydrogens is 494 g/mol. The number of hydrogen-bond acceptors (Lipinski definition) is 6. The Labute approximate surface area is 227 Å². The molecule has 0 radical (unpaired) electrons. The first-order valence-electron chi connectivity index (χ1n) is 12.7. The van der Waals surface area contributed by atoms with E-state index in [4.69, 9.17) is 23.9 Å². The Hall–Kier alpha value is -4.72. The van der Waals surface area contributed by atoms with Crippen molar-refractivity contribution in [3.8, 4) is 23.0 Å². The van der Waals surface area contributed by atoms with Crippen molar-refractivity contribution in [3.05, 3.63) is 90.3 Å². The van der Waals surface area contributed by atoms with E-state index < -0.39 is 0 Å². The van der Waals surface area contributed by atoms with Gasteiger partial charge in [-0.1, -0.05) is 48.5 Å². The first-order valence-corrected chi connectivity index (χ1v) is 12.7. The number of nitrogens with zero attached hydrogens (tertiary/aromatic N) is 2. The van der Waals surface area contributed by atoms with Gasteiger partial charge in [-0.25, -0.2) is 4.98 Å². The van der Waals surface area contributed by atoms with Gasteiger partial charge in [-0.15, -0.1) is 0 Å². The van der Waals surface area contributed by atoms with Crippen molar-refractivity contribution >= 4 is 27.7 Å². The summed E-state index contributed by atoms with van der Waals surface area (Å²) in [5.74, 6) is 2.53. The first-order chi connectivity index (χ1) is 19.0. The van der Waals surface area contributed by atoms with Crippen LogP contribution in [-0.2, 0) is 6.54 Å². The number of ether oxygens (including phenoxy) is 4. The number of fused-ring (bicyclic) bond motifs is 2. The first kappa shape index (κ1) is 25.9. The minimum Gasteiger partial charge on any atom is -0.493 e. The molecule has 39 heavy (non-hydrogen) atoms. The summed E-state index contributed by atoms with van der Waals surface area (Å²) in [4.78, 5) is 18.1. The van der Waals surface area contributed by atoms with Crippen molar-refractivity contribution in [1.82, 2.24) is 14.9 Å². The van der Waals surface area contributed by atoms with Gasteiger partial charge in [0.25, 0.3) is 5.91 Å². The van der Waals surface area contributed by atoms with Gasteiger partial charge in [-0.3, -0.25) is 4.79 Å². The number of imidazole rings is 1. The molecule has 8 nitrogen and oxygen atoms in total. The number of para-hydroxylation sites is 2. The molecule has 1 aromatic heterocycles. The molecule has 1 atom stereocenters. The Morgan fingerprint density at radius 2 is 1.56 bits per heavy atom. The molecule has 1 heterocycles. The highest BCUT2D eigenvalue weighted by Crippen LogP contribution is 2.38. The van der Waals surface area contributed by atoms with E-state index >= 15 is 0 Å². The molecule has 0 spiro atoms. The minimum atomic E-state index is -0.387. The molecule has 8 heteroatoms. The van der Waals surface area contributed by atoms with Crippen molar-refractivity contribution in [2.24, 2.45) is 0 Å². The Morgan fingerprint density at radius 1 is 0.872 bits per heavy atom. The number of aromatic nitrogens is 2. The van der Waals surface area contributed by atoms with Gasteiger partial charge in [0.15, 0.2) is 11.5 Å². The Bertz CT molecular complexity index is 1600. The van der Waals surface area contributed by atoms with Crippen molar-refractivity contribution in [1.29, 1.82) is 0 Å². The summed E-state index contributed by atoms with van der Waals surface area (Å²) in [7, 11) is 4.56. The molecule has 4 aromatic carbocycles. The van der Waals surface area contributed by atoms with Crippen molar-refractivity contribution in [2.75, 3.05) is 27.9 Å². The summed E-state index contributed by atoms with van der Waals surface area (Å²) in [5, 5.41) is 5.27. The second kappa shape index (κ2) is 11.3. The summed E-state index contributed by atoms with van der Waals surface area (Å²) in [6, 6.07) is 25.0. The summed E-state index contributed by atoms with van der Waals surface area (Å²) >= 11 is 0. The monoisotopic (exact) mass is 525 g/mol. The van der Waals surface area contributed by atoms with Crippen molar-refractivity contribution in [2.45, 2.75) is 19.5 Å². The zero-order chi connectivity index (χ0) is 27.4. The number of benzene rings is 4. The lowest BCUT2D eigenvalue weighted by molar-refractivity contribution is 0.0936. The fourth-order valence-electron chi connectivity index (χ4n) is 4.78. The van der Waals surface area contributed by atoms with Gasteiger partial charge in [0.2, 0.25) is 5.75 Å². The van der Waals surface area contributed by atoms with Crippen LogP contribution >= 0.6 is 0 Å². The third-order valence-corrected chi connectivity index (χ3v) is 6.67. The number of rotatable bonds is 10. The number of carbonyl (C=O) groups excluding carboxylic acids is 1. The van der Waals surface area contributed by atoms with Crippen LogP contribution < -0.4 is 24.3 Å². The highest BCUT2D eigenvalue weighted by atomic mass is 16.5. The maximum atomic E-state index is 13.3. The second-order valence-corrected chi connectivity index (χ2v) is 9.05. The molecule has 0 fully saturated rings. The Kier molecular flexibility index (Phi) is 7.54. The summed E-state index contributed by atoms with van der Waals surface area (Å²) in [5.41, 5.74) is 2.22. The number of amides is 1. The predicted octanol–water partition coefficient (Wildman–Crippen LogP) is 5.79. The van der Waals surface area contributed by atoms with E-state index in [0.717, 1.165) is 33.4 Å². The molecule has 200 valence electrons. The molecule has 0 saturated carbocycles. The third-order valence-electron chi connectivity index (χ3n) is 6.67. The van der Waals surface area contributed by atoms with E-state index in [1.807, 2.05) is 55.5 Å². The standard InChI is InChI=1S/C31H31N3O5/c1-20(32-31(35)22-18-27(36-2)29(38-4)28(19-22)37-3)30-33-24-13-7-8-14-25(24)34(30)16-17-39-26-15-9-11-21-10-5-6-12-23(21)26/h5-15,18-20H,16-17H2,1-4H3,(H,32,35). The lowest BCUT2D eigenvalue weighted by Gasteiger charge is -2.18. The van der Waals surface area contributed by atoms with Gasteiger partial charge in [-0.05, 0) is 42.6 Å². The number of hydrogen-bond donors (Lipinski definition) is 1. The maximum absolute atomic E-state index is 13.3. The number of carbonyl (C=O) groups is 1. The second-order valence-electron chi connectivity index (χ2n) is 9.05. The maximum Gasteiger partial charge on any atom is 0.252 e. The van der Waals surface area contributed by atoms with Gasteiger partial charge >= 0.3 is 0 Å². The molecule has 0 saturated heterocycles. The number of methoxy groups -OCH3 is 3. The van der Waals surface area contributed by atoms with Gasteiger partial charge in [0.05, 0.1) is 44.9 Å². The van der Waals surface area contributed by atoms with Crippen LogP contribution in [0.2, 0.25) is 0 Å². The van der Waals surface area contributed by atoms with Crippen LogP contribution in [-0.4, -0.2) is 43.4 Å². The molecule has 0 aliphatic rings. The van der Waals surface area contributed by atoms with Crippen LogP contribution in [0.4, 0.5) is 0 Å². The normalized spacial score (nSPS) is 11.8. The molecule has 0 aliphatic heterocycles. The summed E-state index contributed by atoms with van der Waals surface area (Å²) in [6.07, 6.45) is 0. The quantitative estimate of drug-likeness (QED) is 0.249. The highest BCUT2D eigenvalue weighted by molar-refractivity contribution is 5.96. The molecule has 5 rings (SSSR count). The van der Waals surface area contributed by atoms with E-state index in [9.17, 15) is 4.79 Å². The van der Waals surface area contributed by atoms with E-state index in [2.05, 4.69) is 28.1 Å². The zero-order valence-electron chi connectivity index (χ0n) is 22.4. The van der Waals surface area contributed by atoms with Crippen LogP contribution in [0.5, 0.6) is 23.0 Å². The fraction of sp³-hybridized carbons (Fsp3) is 0.226. The highest BCUT2D eigenvalue weighted by Gasteiger charge is 2.22. The predicted molar refractivity (Wildman–Crippen MR) is 151 cm³/mol. The molecule has 0 bridgehead atoms. The fourth-order valence-corrected chi connectivity index (χ4v) is 4.78. The third kappa shape index (κ3) is 5.18. The van der Waals surface area contributed by atoms with Crippen molar-refractivity contribution in [3.63, 3.8) is 0 Å². The lowest BCUT2D eigenvalue weighted by atomic mass is 10.1. The molecule has 1 amide bonds. The van der Waals surface area contributed by atoms with Gasteiger partial charge in [0.1, 0.15) is 18.2 Å². The average molecular weight is 526 g/mol. The van der Waals surface area contributed by atoms with Gasteiger partial charge < -0.3 is 28.8 Å². The van der Waals surface area contributed by atoms with Crippen LogP contribution in [0.15, 0.2) is 78.9 Å². The zero-order valence-corrected chi connectivity index (χ0v) is 22.4. The Balaban J connectivity index is 1.38. The Morgan fingerprint density at radius 3 is 2.31 bits per heavy atom. The number of nitrogens with one attached hydrogen (secondary N) is 1. The van der Waals surface area contributed by atoms with Crippen LogP contribution in [0.3, 0.4) is 0 Å². The molecule has 1 N–H and O–H groups in total. The van der Waals surface area contributed by atoms with Crippen molar-refractivity contribution < 1.29 is 23.7 Å². The van der Waals surface area contributed by atoms with E-state index in [1.165, 1.54) is 21.3 Å². The van der Waals surface area contributed by atoms with E-state index in [-0.39, 0.29) is 11.9 Å². The van der Waals surface area contributed by atoms with Crippen LogP contribution in [0.1, 0.15) is 29.1 Å².